The van der Waals surface area contributed by atoms with E-state index in [9.17, 15) is 9.90 Å². The van der Waals surface area contributed by atoms with Crippen LogP contribution in [-0.4, -0.2) is 34.4 Å². The van der Waals surface area contributed by atoms with Crippen LogP contribution in [0.1, 0.15) is 52.9 Å². The fraction of sp³-hybridized carbons (Fsp3) is 0.917. The van der Waals surface area contributed by atoms with Crippen LogP contribution >= 0.6 is 0 Å². The van der Waals surface area contributed by atoms with Crippen LogP contribution in [0, 0.1) is 0 Å². The highest BCUT2D eigenvalue weighted by Crippen LogP contribution is 2.13. The number of unbranched alkanes of at least 4 members (excludes halogenated alkanes) is 1. The number of carboxylic acid groups (broad SMARTS) is 1. The van der Waals surface area contributed by atoms with Crippen molar-refractivity contribution in [2.45, 2.75) is 64.5 Å². The number of nitrogens with one attached hydrogen (secondary N) is 1. The summed E-state index contributed by atoms with van der Waals surface area (Å²) < 4.78 is 0. The van der Waals surface area contributed by atoms with Gasteiger partial charge in [0, 0.05) is 6.54 Å². The molecule has 0 aromatic carbocycles. The van der Waals surface area contributed by atoms with E-state index in [4.69, 9.17) is 5.11 Å². The lowest BCUT2D eigenvalue weighted by Gasteiger charge is -2.27. The maximum atomic E-state index is 11.0. The largest absolute Gasteiger partial charge is 0.480 e. The van der Waals surface area contributed by atoms with Gasteiger partial charge in [0.1, 0.15) is 6.04 Å². The minimum absolute atomic E-state index is 0.348. The molecule has 4 heteroatoms. The van der Waals surface area contributed by atoms with E-state index in [0.717, 1.165) is 12.8 Å². The van der Waals surface area contributed by atoms with Crippen molar-refractivity contribution in [1.82, 2.24) is 5.32 Å². The molecule has 96 valence electrons. The molecule has 16 heavy (non-hydrogen) atoms. The number of aliphatic hydroxyl groups is 1. The van der Waals surface area contributed by atoms with E-state index < -0.39 is 17.6 Å². The molecule has 0 fully saturated rings. The molecule has 0 aromatic heterocycles. The Balaban J connectivity index is 4.14. The summed E-state index contributed by atoms with van der Waals surface area (Å²) in [5, 5.41) is 22.0. The third-order valence-electron chi connectivity index (χ3n) is 3.14. The van der Waals surface area contributed by atoms with Gasteiger partial charge in [0.15, 0.2) is 0 Å². The first-order valence-corrected chi connectivity index (χ1v) is 6.17. The number of carboxylic acids is 1. The Morgan fingerprint density at radius 2 is 1.88 bits per heavy atom. The predicted octanol–water partition coefficient (Wildman–Crippen LogP) is 1.77. The van der Waals surface area contributed by atoms with Gasteiger partial charge in [-0.1, -0.05) is 33.6 Å². The highest BCUT2D eigenvalue weighted by atomic mass is 16.4. The molecule has 4 nitrogen and oxygen atoms in total. The summed E-state index contributed by atoms with van der Waals surface area (Å²) in [6.07, 6.45) is 3.76. The summed E-state index contributed by atoms with van der Waals surface area (Å²) in [7, 11) is 0. The summed E-state index contributed by atoms with van der Waals surface area (Å²) >= 11 is 0. The van der Waals surface area contributed by atoms with Gasteiger partial charge < -0.3 is 15.5 Å². The van der Waals surface area contributed by atoms with E-state index in [2.05, 4.69) is 5.32 Å². The second-order valence-corrected chi connectivity index (χ2v) is 4.35. The van der Waals surface area contributed by atoms with Gasteiger partial charge in [0.25, 0.3) is 0 Å². The second kappa shape index (κ2) is 7.63. The molecule has 3 N–H and O–H groups in total. The fourth-order valence-corrected chi connectivity index (χ4v) is 1.53. The van der Waals surface area contributed by atoms with Crippen molar-refractivity contribution in [3.63, 3.8) is 0 Å². The molecule has 0 rings (SSSR count). The van der Waals surface area contributed by atoms with Crippen LogP contribution in [0.4, 0.5) is 0 Å². The Kier molecular flexibility index (Phi) is 7.34. The molecule has 0 saturated heterocycles. The maximum absolute atomic E-state index is 11.0. The minimum Gasteiger partial charge on any atom is -0.480 e. The molecule has 1 unspecified atom stereocenters. The number of hydrogen-bond donors (Lipinski definition) is 3. The zero-order chi connectivity index (χ0) is 12.6. The lowest BCUT2D eigenvalue weighted by atomic mass is 9.97. The highest BCUT2D eigenvalue weighted by molar-refractivity contribution is 5.73. The number of hydrogen-bond acceptors (Lipinski definition) is 3. The SMILES string of the molecule is CCCCC(NCC(O)(CC)CC)C(=O)O. The summed E-state index contributed by atoms with van der Waals surface area (Å²) in [5.41, 5.74) is -0.778. The first-order chi connectivity index (χ1) is 7.49. The number of carbonyl (C=O) groups is 1. The van der Waals surface area contributed by atoms with Crippen molar-refractivity contribution in [3.05, 3.63) is 0 Å². The Hall–Kier alpha value is -0.610. The van der Waals surface area contributed by atoms with Crippen LogP contribution < -0.4 is 5.32 Å². The van der Waals surface area contributed by atoms with Crippen LogP contribution in [0.5, 0.6) is 0 Å². The second-order valence-electron chi connectivity index (χ2n) is 4.35. The molecule has 0 heterocycles. The number of aliphatic carboxylic acids is 1. The lowest BCUT2D eigenvalue weighted by molar-refractivity contribution is -0.140. The van der Waals surface area contributed by atoms with E-state index in [0.29, 0.717) is 25.8 Å². The zero-order valence-electron chi connectivity index (χ0n) is 10.6. The molecule has 1 atom stereocenters. The van der Waals surface area contributed by atoms with Crippen molar-refractivity contribution in [1.29, 1.82) is 0 Å². The average Bonchev–Trinajstić information content (AvgIpc) is 2.28. The van der Waals surface area contributed by atoms with Crippen molar-refractivity contribution in [2.24, 2.45) is 0 Å². The van der Waals surface area contributed by atoms with E-state index in [1.807, 2.05) is 20.8 Å². The summed E-state index contributed by atoms with van der Waals surface area (Å²) in [5.74, 6) is -0.831. The van der Waals surface area contributed by atoms with Gasteiger partial charge in [-0.25, -0.2) is 0 Å². The van der Waals surface area contributed by atoms with Crippen LogP contribution in [0.25, 0.3) is 0 Å². The highest BCUT2D eigenvalue weighted by Gasteiger charge is 2.25. The van der Waals surface area contributed by atoms with Crippen LogP contribution in [-0.2, 0) is 4.79 Å². The molecular formula is C12H25NO3. The lowest BCUT2D eigenvalue weighted by Crippen LogP contribution is -2.46. The van der Waals surface area contributed by atoms with Gasteiger partial charge in [-0.15, -0.1) is 0 Å². The quantitative estimate of drug-likeness (QED) is 0.565. The summed E-state index contributed by atoms with van der Waals surface area (Å²) in [6, 6.07) is -0.537. The molecule has 0 bridgehead atoms. The minimum atomic E-state index is -0.831. The predicted molar refractivity (Wildman–Crippen MR) is 64.5 cm³/mol. The van der Waals surface area contributed by atoms with Gasteiger partial charge in [-0.3, -0.25) is 4.79 Å². The Labute approximate surface area is 98.1 Å². The summed E-state index contributed by atoms with van der Waals surface area (Å²) in [4.78, 5) is 11.0. The van der Waals surface area contributed by atoms with Gasteiger partial charge in [0.2, 0.25) is 0 Å². The maximum Gasteiger partial charge on any atom is 0.320 e. The standard InChI is InChI=1S/C12H25NO3/c1-4-7-8-10(11(14)15)13-9-12(16,5-2)6-3/h10,13,16H,4-9H2,1-3H3,(H,14,15). The van der Waals surface area contributed by atoms with E-state index in [1.54, 1.807) is 0 Å². The van der Waals surface area contributed by atoms with Crippen molar-refractivity contribution in [3.8, 4) is 0 Å². The first kappa shape index (κ1) is 15.4. The van der Waals surface area contributed by atoms with Crippen LogP contribution in [0.2, 0.25) is 0 Å². The first-order valence-electron chi connectivity index (χ1n) is 6.17. The zero-order valence-corrected chi connectivity index (χ0v) is 10.6. The van der Waals surface area contributed by atoms with Gasteiger partial charge >= 0.3 is 5.97 Å². The van der Waals surface area contributed by atoms with Gasteiger partial charge in [0.05, 0.1) is 5.60 Å². The van der Waals surface area contributed by atoms with E-state index >= 15 is 0 Å². The smallest absolute Gasteiger partial charge is 0.320 e. The Morgan fingerprint density at radius 3 is 2.25 bits per heavy atom. The molecule has 0 radical (unpaired) electrons. The molecule has 0 spiro atoms. The molecule has 0 saturated carbocycles. The topological polar surface area (TPSA) is 69.6 Å². The van der Waals surface area contributed by atoms with Crippen LogP contribution in [0.15, 0.2) is 0 Å². The molecule has 0 amide bonds. The molecule has 0 aliphatic carbocycles. The number of rotatable bonds is 9. The Bertz CT molecular complexity index is 202. The van der Waals surface area contributed by atoms with E-state index in [1.165, 1.54) is 0 Å². The molecular weight excluding hydrogens is 206 g/mol. The van der Waals surface area contributed by atoms with Gasteiger partial charge in [-0.05, 0) is 19.3 Å². The Morgan fingerprint density at radius 1 is 1.31 bits per heavy atom. The van der Waals surface area contributed by atoms with Gasteiger partial charge in [-0.2, -0.15) is 0 Å². The molecule has 0 aliphatic heterocycles. The van der Waals surface area contributed by atoms with Crippen molar-refractivity contribution in [2.75, 3.05) is 6.54 Å². The monoisotopic (exact) mass is 231 g/mol. The van der Waals surface area contributed by atoms with E-state index in [-0.39, 0.29) is 0 Å². The fourth-order valence-electron chi connectivity index (χ4n) is 1.53. The average molecular weight is 231 g/mol. The van der Waals surface area contributed by atoms with Crippen molar-refractivity contribution >= 4 is 5.97 Å². The third kappa shape index (κ3) is 5.47. The van der Waals surface area contributed by atoms with Crippen molar-refractivity contribution < 1.29 is 15.0 Å². The molecule has 0 aromatic rings. The van der Waals surface area contributed by atoms with Crippen LogP contribution in [0.3, 0.4) is 0 Å². The third-order valence-corrected chi connectivity index (χ3v) is 3.14. The molecule has 0 aliphatic rings. The summed E-state index contributed by atoms with van der Waals surface area (Å²) in [6.45, 7) is 6.20. The normalized spacial score (nSPS) is 13.8.